The summed E-state index contributed by atoms with van der Waals surface area (Å²) in [4.78, 5) is 29.3. The topological polar surface area (TPSA) is 70.5 Å². The Kier molecular flexibility index (Phi) is 2.63. The SMILES string of the molecule is O=C1c2ccncc2C(=O)N1CC1CCCC1O. The maximum atomic E-state index is 12.1. The lowest BCUT2D eigenvalue weighted by Crippen LogP contribution is -2.36. The van der Waals surface area contributed by atoms with Crippen LogP contribution < -0.4 is 0 Å². The first kappa shape index (κ1) is 11.3. The van der Waals surface area contributed by atoms with Crippen LogP contribution in [0.1, 0.15) is 40.0 Å². The molecule has 2 heterocycles. The number of fused-ring (bicyclic) bond motifs is 1. The van der Waals surface area contributed by atoms with Crippen molar-refractivity contribution in [1.29, 1.82) is 0 Å². The largest absolute Gasteiger partial charge is 0.393 e. The fraction of sp³-hybridized carbons (Fsp3) is 0.462. The van der Waals surface area contributed by atoms with Gasteiger partial charge in [0.05, 0.1) is 17.2 Å². The Morgan fingerprint density at radius 2 is 2.06 bits per heavy atom. The average Bonchev–Trinajstić information content (AvgIpc) is 2.89. The maximum absolute atomic E-state index is 12.1. The Hall–Kier alpha value is -1.75. The molecular weight excluding hydrogens is 232 g/mol. The van der Waals surface area contributed by atoms with Crippen LogP contribution in [0, 0.1) is 5.92 Å². The van der Waals surface area contributed by atoms with E-state index >= 15 is 0 Å². The molecule has 0 radical (unpaired) electrons. The van der Waals surface area contributed by atoms with Crippen LogP contribution in [0.4, 0.5) is 0 Å². The second-order valence-corrected chi connectivity index (χ2v) is 4.90. The lowest BCUT2D eigenvalue weighted by molar-refractivity contribution is 0.0562. The van der Waals surface area contributed by atoms with Crippen molar-refractivity contribution in [1.82, 2.24) is 9.88 Å². The van der Waals surface area contributed by atoms with E-state index in [1.54, 1.807) is 6.07 Å². The third-order valence-corrected chi connectivity index (χ3v) is 3.81. The Morgan fingerprint density at radius 1 is 1.28 bits per heavy atom. The van der Waals surface area contributed by atoms with Gasteiger partial charge in [-0.1, -0.05) is 6.42 Å². The minimum atomic E-state index is -0.396. The molecule has 0 saturated heterocycles. The standard InChI is InChI=1S/C13H14N2O3/c16-11-3-1-2-8(11)7-15-12(17)9-4-5-14-6-10(9)13(15)18/h4-6,8,11,16H,1-3,7H2. The van der Waals surface area contributed by atoms with Gasteiger partial charge in [-0.25, -0.2) is 0 Å². The molecule has 1 aromatic rings. The van der Waals surface area contributed by atoms with Crippen molar-refractivity contribution >= 4 is 11.8 Å². The molecule has 0 bridgehead atoms. The van der Waals surface area contributed by atoms with Gasteiger partial charge in [0.25, 0.3) is 11.8 Å². The number of carbonyl (C=O) groups excluding carboxylic acids is 2. The van der Waals surface area contributed by atoms with E-state index in [2.05, 4.69) is 4.98 Å². The van der Waals surface area contributed by atoms with Crippen molar-refractivity contribution in [3.8, 4) is 0 Å². The fourth-order valence-corrected chi connectivity index (χ4v) is 2.76. The molecule has 3 rings (SSSR count). The summed E-state index contributed by atoms with van der Waals surface area (Å²) in [7, 11) is 0. The molecule has 1 aliphatic carbocycles. The first-order valence-corrected chi connectivity index (χ1v) is 6.17. The van der Waals surface area contributed by atoms with Gasteiger partial charge >= 0.3 is 0 Å². The summed E-state index contributed by atoms with van der Waals surface area (Å²) >= 11 is 0. The lowest BCUT2D eigenvalue weighted by Gasteiger charge is -2.21. The zero-order chi connectivity index (χ0) is 12.7. The third-order valence-electron chi connectivity index (χ3n) is 3.81. The first-order chi connectivity index (χ1) is 8.68. The van der Waals surface area contributed by atoms with Gasteiger partial charge in [0.2, 0.25) is 0 Å². The van der Waals surface area contributed by atoms with Crippen LogP contribution in [0.3, 0.4) is 0 Å². The highest BCUT2D eigenvalue weighted by molar-refractivity contribution is 6.21. The predicted octanol–water partition coefficient (Wildman–Crippen LogP) is 0.839. The average molecular weight is 246 g/mol. The van der Waals surface area contributed by atoms with Crippen molar-refractivity contribution in [2.24, 2.45) is 5.92 Å². The highest BCUT2D eigenvalue weighted by Crippen LogP contribution is 2.29. The summed E-state index contributed by atoms with van der Waals surface area (Å²) in [6.07, 6.45) is 5.13. The third kappa shape index (κ3) is 1.62. The Labute approximate surface area is 104 Å². The second-order valence-electron chi connectivity index (χ2n) is 4.90. The smallest absolute Gasteiger partial charge is 0.263 e. The van der Waals surface area contributed by atoms with Crippen molar-refractivity contribution < 1.29 is 14.7 Å². The predicted molar refractivity (Wildman–Crippen MR) is 63.0 cm³/mol. The van der Waals surface area contributed by atoms with E-state index in [0.717, 1.165) is 19.3 Å². The van der Waals surface area contributed by atoms with Gasteiger partial charge in [-0.2, -0.15) is 0 Å². The summed E-state index contributed by atoms with van der Waals surface area (Å²) in [6, 6.07) is 1.57. The number of hydrogen-bond acceptors (Lipinski definition) is 4. The van der Waals surface area contributed by atoms with Gasteiger partial charge in [-0.05, 0) is 18.9 Å². The monoisotopic (exact) mass is 246 g/mol. The van der Waals surface area contributed by atoms with E-state index in [4.69, 9.17) is 0 Å². The number of nitrogens with zero attached hydrogens (tertiary/aromatic N) is 2. The van der Waals surface area contributed by atoms with Crippen molar-refractivity contribution in [2.75, 3.05) is 6.54 Å². The van der Waals surface area contributed by atoms with Crippen LogP contribution >= 0.6 is 0 Å². The van der Waals surface area contributed by atoms with Gasteiger partial charge in [-0.3, -0.25) is 19.5 Å². The molecule has 0 aromatic carbocycles. The number of aromatic nitrogens is 1. The molecule has 1 saturated carbocycles. The van der Waals surface area contributed by atoms with Crippen molar-refractivity contribution in [2.45, 2.75) is 25.4 Å². The van der Waals surface area contributed by atoms with Crippen LogP contribution in [0.5, 0.6) is 0 Å². The lowest BCUT2D eigenvalue weighted by atomic mass is 10.1. The number of imide groups is 1. The van der Waals surface area contributed by atoms with Gasteiger partial charge in [-0.15, -0.1) is 0 Å². The number of rotatable bonds is 2. The Bertz CT molecular complexity index is 480. The second kappa shape index (κ2) is 4.17. The molecule has 0 spiro atoms. The summed E-state index contributed by atoms with van der Waals surface area (Å²) in [5, 5.41) is 9.78. The molecule has 2 atom stereocenters. The van der Waals surface area contributed by atoms with Crippen LogP contribution in [0.25, 0.3) is 0 Å². The normalized spacial score (nSPS) is 26.8. The van der Waals surface area contributed by atoms with Crippen molar-refractivity contribution in [3.05, 3.63) is 29.6 Å². The van der Waals surface area contributed by atoms with E-state index in [-0.39, 0.29) is 17.7 Å². The van der Waals surface area contributed by atoms with Gasteiger partial charge < -0.3 is 5.11 Å². The van der Waals surface area contributed by atoms with E-state index in [1.807, 2.05) is 0 Å². The number of amides is 2. The van der Waals surface area contributed by atoms with Crippen LogP contribution in [-0.4, -0.2) is 39.5 Å². The molecule has 94 valence electrons. The molecule has 2 unspecified atom stereocenters. The highest BCUT2D eigenvalue weighted by Gasteiger charge is 2.38. The van der Waals surface area contributed by atoms with E-state index in [9.17, 15) is 14.7 Å². The van der Waals surface area contributed by atoms with Crippen LogP contribution in [0.15, 0.2) is 18.5 Å². The molecule has 1 aromatic heterocycles. The molecule has 2 aliphatic rings. The molecule has 1 aliphatic heterocycles. The number of pyridine rings is 1. The molecular formula is C13H14N2O3. The maximum Gasteiger partial charge on any atom is 0.263 e. The minimum Gasteiger partial charge on any atom is -0.393 e. The number of aliphatic hydroxyl groups excluding tert-OH is 1. The van der Waals surface area contributed by atoms with Gasteiger partial charge in [0.15, 0.2) is 0 Å². The highest BCUT2D eigenvalue weighted by atomic mass is 16.3. The Morgan fingerprint density at radius 3 is 2.72 bits per heavy atom. The van der Waals surface area contributed by atoms with E-state index in [1.165, 1.54) is 17.3 Å². The summed E-state index contributed by atoms with van der Waals surface area (Å²) in [5.74, 6) is -0.543. The van der Waals surface area contributed by atoms with E-state index < -0.39 is 6.10 Å². The zero-order valence-corrected chi connectivity index (χ0v) is 9.87. The number of aliphatic hydroxyl groups is 1. The molecule has 1 N–H and O–H groups in total. The first-order valence-electron chi connectivity index (χ1n) is 6.17. The zero-order valence-electron chi connectivity index (χ0n) is 9.87. The molecule has 2 amide bonds. The molecule has 5 nitrogen and oxygen atoms in total. The number of hydrogen-bond donors (Lipinski definition) is 1. The molecule has 5 heteroatoms. The quantitative estimate of drug-likeness (QED) is 0.785. The van der Waals surface area contributed by atoms with Crippen LogP contribution in [-0.2, 0) is 0 Å². The molecule has 1 fully saturated rings. The number of carbonyl (C=O) groups is 2. The molecule has 18 heavy (non-hydrogen) atoms. The van der Waals surface area contributed by atoms with Gasteiger partial charge in [0.1, 0.15) is 0 Å². The van der Waals surface area contributed by atoms with Gasteiger partial charge in [0, 0.05) is 24.9 Å². The van der Waals surface area contributed by atoms with Crippen molar-refractivity contribution in [3.63, 3.8) is 0 Å². The summed E-state index contributed by atoms with van der Waals surface area (Å²) < 4.78 is 0. The fourth-order valence-electron chi connectivity index (χ4n) is 2.76. The minimum absolute atomic E-state index is 0.0140. The van der Waals surface area contributed by atoms with E-state index in [0.29, 0.717) is 17.7 Å². The summed E-state index contributed by atoms with van der Waals surface area (Å²) in [5.41, 5.74) is 0.789. The Balaban J connectivity index is 1.84. The summed E-state index contributed by atoms with van der Waals surface area (Å²) in [6.45, 7) is 0.313. The van der Waals surface area contributed by atoms with Crippen LogP contribution in [0.2, 0.25) is 0 Å².